The zero-order valence-electron chi connectivity index (χ0n) is 15.6. The highest BCUT2D eigenvalue weighted by molar-refractivity contribution is 7.90. The van der Waals surface area contributed by atoms with Gasteiger partial charge in [-0.25, -0.2) is 21.9 Å². The van der Waals surface area contributed by atoms with Gasteiger partial charge in [0.25, 0.3) is 0 Å². The van der Waals surface area contributed by atoms with E-state index in [0.717, 1.165) is 18.4 Å². The highest BCUT2D eigenvalue weighted by Crippen LogP contribution is 2.36. The Balaban J connectivity index is 1.97. The lowest BCUT2D eigenvalue weighted by atomic mass is 10.1. The molecule has 0 atom stereocenters. The Morgan fingerprint density at radius 1 is 1.10 bits per heavy atom. The minimum absolute atomic E-state index is 0.137. The van der Waals surface area contributed by atoms with Gasteiger partial charge in [0, 0.05) is 24.9 Å². The number of sulfone groups is 1. The maximum absolute atomic E-state index is 14.0. The first-order chi connectivity index (χ1) is 14.1. The molecule has 4 aromatic rings. The van der Waals surface area contributed by atoms with E-state index in [-0.39, 0.29) is 27.5 Å². The van der Waals surface area contributed by atoms with Crippen LogP contribution in [0, 0.1) is 11.6 Å². The van der Waals surface area contributed by atoms with E-state index in [2.05, 4.69) is 15.1 Å². The maximum atomic E-state index is 14.0. The molecular weight excluding hydrogens is 438 g/mol. The van der Waals surface area contributed by atoms with Crippen molar-refractivity contribution in [2.24, 2.45) is 7.05 Å². The molecular formula is C19H13ClF2N4O3S. The van der Waals surface area contributed by atoms with Crippen molar-refractivity contribution < 1.29 is 21.9 Å². The first-order valence-electron chi connectivity index (χ1n) is 8.48. The summed E-state index contributed by atoms with van der Waals surface area (Å²) in [7, 11) is -2.31. The topological polar surface area (TPSA) is 87.0 Å². The van der Waals surface area contributed by atoms with Crippen LogP contribution in [0.15, 0.2) is 47.5 Å². The van der Waals surface area contributed by atoms with Gasteiger partial charge in [0.15, 0.2) is 32.1 Å². The summed E-state index contributed by atoms with van der Waals surface area (Å²) in [6.07, 6.45) is 0.973. The molecule has 0 fully saturated rings. The third kappa shape index (κ3) is 3.59. The van der Waals surface area contributed by atoms with E-state index >= 15 is 0 Å². The van der Waals surface area contributed by atoms with Crippen molar-refractivity contribution in [2.45, 2.75) is 5.03 Å². The van der Waals surface area contributed by atoms with Gasteiger partial charge >= 0.3 is 6.01 Å². The van der Waals surface area contributed by atoms with Gasteiger partial charge in [-0.1, -0.05) is 29.8 Å². The number of aromatic nitrogens is 4. The van der Waals surface area contributed by atoms with Crippen LogP contribution in [-0.2, 0) is 16.9 Å². The van der Waals surface area contributed by atoms with Crippen molar-refractivity contribution in [3.05, 3.63) is 59.1 Å². The van der Waals surface area contributed by atoms with Crippen LogP contribution < -0.4 is 4.74 Å². The smallest absolute Gasteiger partial charge is 0.325 e. The summed E-state index contributed by atoms with van der Waals surface area (Å²) in [5.74, 6) is -2.13. The van der Waals surface area contributed by atoms with Gasteiger partial charge in [0.2, 0.25) is 0 Å². The van der Waals surface area contributed by atoms with Crippen molar-refractivity contribution in [1.29, 1.82) is 0 Å². The lowest BCUT2D eigenvalue weighted by Crippen LogP contribution is -2.06. The maximum Gasteiger partial charge on any atom is 0.325 e. The van der Waals surface area contributed by atoms with Crippen molar-refractivity contribution in [1.82, 2.24) is 19.7 Å². The van der Waals surface area contributed by atoms with Crippen LogP contribution in [-0.4, -0.2) is 34.4 Å². The van der Waals surface area contributed by atoms with Crippen LogP contribution >= 0.6 is 11.6 Å². The molecule has 0 aliphatic rings. The highest BCUT2D eigenvalue weighted by Gasteiger charge is 2.26. The number of hydrogen-bond donors (Lipinski definition) is 0. The van der Waals surface area contributed by atoms with Gasteiger partial charge in [-0.05, 0) is 18.2 Å². The average molecular weight is 451 g/mol. The van der Waals surface area contributed by atoms with Crippen molar-refractivity contribution in [3.63, 3.8) is 0 Å². The highest BCUT2D eigenvalue weighted by atomic mass is 35.5. The summed E-state index contributed by atoms with van der Waals surface area (Å²) in [5, 5.41) is 4.52. The molecule has 11 heteroatoms. The molecule has 30 heavy (non-hydrogen) atoms. The minimum atomic E-state index is -3.87. The number of halogens is 3. The average Bonchev–Trinajstić information content (AvgIpc) is 2.99. The molecule has 2 aromatic heterocycles. The lowest BCUT2D eigenvalue weighted by Gasteiger charge is -2.08. The van der Waals surface area contributed by atoms with Gasteiger partial charge in [0.1, 0.15) is 11.5 Å². The fraction of sp³-hybridized carbons (Fsp3) is 0.105. The molecule has 7 nitrogen and oxygen atoms in total. The quantitative estimate of drug-likeness (QED) is 0.434. The van der Waals surface area contributed by atoms with E-state index in [1.807, 2.05) is 0 Å². The van der Waals surface area contributed by atoms with Gasteiger partial charge in [-0.2, -0.15) is 15.1 Å². The largest absolute Gasteiger partial charge is 0.421 e. The van der Waals surface area contributed by atoms with E-state index in [4.69, 9.17) is 16.3 Å². The lowest BCUT2D eigenvalue weighted by molar-refractivity contribution is 0.405. The molecule has 0 aliphatic carbocycles. The summed E-state index contributed by atoms with van der Waals surface area (Å²) in [6.45, 7) is 0. The van der Waals surface area contributed by atoms with E-state index in [1.165, 1.54) is 4.68 Å². The monoisotopic (exact) mass is 450 g/mol. The first-order valence-corrected chi connectivity index (χ1v) is 10.7. The van der Waals surface area contributed by atoms with Crippen LogP contribution in [0.4, 0.5) is 8.78 Å². The van der Waals surface area contributed by atoms with Crippen molar-refractivity contribution >= 4 is 32.5 Å². The molecule has 0 N–H and O–H groups in total. The summed E-state index contributed by atoms with van der Waals surface area (Å²) in [6, 6.07) is 9.05. The molecule has 0 saturated heterocycles. The molecule has 0 unspecified atom stereocenters. The van der Waals surface area contributed by atoms with E-state index in [9.17, 15) is 17.2 Å². The van der Waals surface area contributed by atoms with Crippen LogP contribution in [0.5, 0.6) is 11.8 Å². The van der Waals surface area contributed by atoms with Crippen molar-refractivity contribution in [2.75, 3.05) is 6.26 Å². The number of aryl methyl sites for hydroxylation is 1. The number of benzene rings is 2. The van der Waals surface area contributed by atoms with Gasteiger partial charge in [-0.15, -0.1) is 0 Å². The Morgan fingerprint density at radius 3 is 2.50 bits per heavy atom. The molecule has 0 spiro atoms. The molecule has 2 aromatic carbocycles. The molecule has 0 saturated carbocycles. The third-order valence-electron chi connectivity index (χ3n) is 4.20. The standard InChI is InChI=1S/C19H13ClF2N4O3S/c1-26-17-15(16(25-26)11-5-3-4-6-12(11)20)18(30(2,27)28)24-19(23-17)29-14-8-7-10(21)9-13(14)22/h3-9H,1-2H3. The molecule has 4 rings (SSSR count). The van der Waals surface area contributed by atoms with Crippen molar-refractivity contribution in [3.8, 4) is 23.0 Å². The number of ether oxygens (including phenoxy) is 1. The Bertz CT molecular complexity index is 1410. The number of hydrogen-bond acceptors (Lipinski definition) is 6. The van der Waals surface area contributed by atoms with Crippen LogP contribution in [0.1, 0.15) is 0 Å². The van der Waals surface area contributed by atoms with E-state index < -0.39 is 27.5 Å². The van der Waals surface area contributed by atoms with Gasteiger partial charge < -0.3 is 4.74 Å². The zero-order chi connectivity index (χ0) is 21.6. The van der Waals surface area contributed by atoms with Gasteiger partial charge in [0.05, 0.1) is 10.4 Å². The molecule has 0 bridgehead atoms. The summed E-state index contributed by atoms with van der Waals surface area (Å²) in [5.41, 5.74) is 0.910. The molecule has 2 heterocycles. The SMILES string of the molecule is Cn1nc(-c2ccccc2Cl)c2c(S(C)(=O)=O)nc(Oc3ccc(F)cc3F)nc21. The fourth-order valence-electron chi connectivity index (χ4n) is 2.91. The second-order valence-corrected chi connectivity index (χ2v) is 8.75. The van der Waals surface area contributed by atoms with Crippen LogP contribution in [0.25, 0.3) is 22.3 Å². The number of nitrogens with zero attached hydrogens (tertiary/aromatic N) is 4. The Morgan fingerprint density at radius 2 is 1.83 bits per heavy atom. The normalized spacial score (nSPS) is 11.8. The summed E-state index contributed by atoms with van der Waals surface area (Å²) < 4.78 is 58.8. The fourth-order valence-corrected chi connectivity index (χ4v) is 3.94. The minimum Gasteiger partial charge on any atom is -0.421 e. The molecule has 0 aliphatic heterocycles. The number of fused-ring (bicyclic) bond motifs is 1. The predicted octanol–water partition coefficient (Wildman–Crippen LogP) is 4.16. The van der Waals surface area contributed by atoms with Gasteiger partial charge in [-0.3, -0.25) is 0 Å². The van der Waals surface area contributed by atoms with Crippen LogP contribution in [0.3, 0.4) is 0 Å². The second kappa shape index (κ2) is 7.29. The Labute approximate surface area is 174 Å². The summed E-state index contributed by atoms with van der Waals surface area (Å²) in [4.78, 5) is 8.16. The predicted molar refractivity (Wildman–Crippen MR) is 106 cm³/mol. The number of rotatable bonds is 4. The summed E-state index contributed by atoms with van der Waals surface area (Å²) >= 11 is 6.27. The van der Waals surface area contributed by atoms with E-state index in [1.54, 1.807) is 31.3 Å². The zero-order valence-corrected chi connectivity index (χ0v) is 17.2. The molecule has 0 amide bonds. The van der Waals surface area contributed by atoms with E-state index in [0.29, 0.717) is 16.7 Å². The first kappa shape index (κ1) is 20.2. The molecule has 154 valence electrons. The third-order valence-corrected chi connectivity index (χ3v) is 5.53. The second-order valence-electron chi connectivity index (χ2n) is 6.41. The molecule has 0 radical (unpaired) electrons. The Kier molecular flexibility index (Phi) is 4.91. The van der Waals surface area contributed by atoms with Crippen LogP contribution in [0.2, 0.25) is 5.02 Å². The Hall–Kier alpha value is -3.11.